The second-order valence-electron chi connectivity index (χ2n) is 5.46. The molecule has 0 spiro atoms. The number of benzene rings is 2. The third kappa shape index (κ3) is 4.34. The molecule has 0 heterocycles. The molecule has 2 N–H and O–H groups in total. The first-order valence-electron chi connectivity index (χ1n) is 7.33. The van der Waals surface area contributed by atoms with Crippen LogP contribution in [0.5, 0.6) is 0 Å². The monoisotopic (exact) mass is 360 g/mol. The summed E-state index contributed by atoms with van der Waals surface area (Å²) in [4.78, 5) is 12.0. The van der Waals surface area contributed by atoms with Crippen molar-refractivity contribution >= 4 is 33.2 Å². The maximum absolute atomic E-state index is 12.0. The summed E-state index contributed by atoms with van der Waals surface area (Å²) in [6, 6.07) is 12.0. The Labute approximate surface area is 140 Å². The van der Waals surface area contributed by atoms with Crippen molar-refractivity contribution in [1.82, 2.24) is 0 Å². The molecule has 2 aromatic rings. The van der Waals surface area contributed by atoms with Gasteiger partial charge in [0.05, 0.1) is 0 Å². The maximum Gasteiger partial charge on any atom is 0.226 e. The van der Waals surface area contributed by atoms with Gasteiger partial charge in [-0.25, -0.2) is 0 Å². The van der Waals surface area contributed by atoms with Gasteiger partial charge in [-0.15, -0.1) is 0 Å². The number of anilines is 2. The number of hydrogen-bond donors (Lipinski definition) is 2. The molecule has 0 aliphatic carbocycles. The third-order valence-corrected chi connectivity index (χ3v) is 4.44. The average Bonchev–Trinajstić information content (AvgIpc) is 2.46. The molecule has 0 unspecified atom stereocenters. The average molecular weight is 361 g/mol. The van der Waals surface area contributed by atoms with E-state index in [1.54, 1.807) is 0 Å². The van der Waals surface area contributed by atoms with Crippen LogP contribution in [0.25, 0.3) is 0 Å². The van der Waals surface area contributed by atoms with Gasteiger partial charge in [0, 0.05) is 28.8 Å². The Bertz CT molecular complexity index is 663. The summed E-state index contributed by atoms with van der Waals surface area (Å²) in [6.45, 7) is 6.77. The van der Waals surface area contributed by atoms with Crippen LogP contribution in [0.15, 0.2) is 40.9 Å². The van der Waals surface area contributed by atoms with E-state index in [0.717, 1.165) is 21.4 Å². The molecule has 0 fully saturated rings. The van der Waals surface area contributed by atoms with Crippen LogP contribution in [-0.4, -0.2) is 12.5 Å². The molecule has 4 heteroatoms. The van der Waals surface area contributed by atoms with E-state index in [1.165, 1.54) is 11.1 Å². The number of rotatable bonds is 5. The standard InChI is InChI=1S/C18H21BrN2O/c1-12-7-8-15(11-16(12)19)21-17(22)9-10-20-18-13(2)5-4-6-14(18)3/h4-8,11,20H,9-10H2,1-3H3,(H,21,22). The summed E-state index contributed by atoms with van der Waals surface area (Å²) in [5, 5.41) is 6.26. The van der Waals surface area contributed by atoms with Gasteiger partial charge in [0.2, 0.25) is 5.91 Å². The summed E-state index contributed by atoms with van der Waals surface area (Å²) in [5.74, 6) is 0.00879. The highest BCUT2D eigenvalue weighted by atomic mass is 79.9. The van der Waals surface area contributed by atoms with Gasteiger partial charge < -0.3 is 10.6 Å². The number of halogens is 1. The number of carbonyl (C=O) groups excluding carboxylic acids is 1. The first-order chi connectivity index (χ1) is 10.5. The zero-order valence-corrected chi connectivity index (χ0v) is 14.8. The van der Waals surface area contributed by atoms with E-state index in [2.05, 4.69) is 52.5 Å². The first-order valence-corrected chi connectivity index (χ1v) is 8.13. The smallest absolute Gasteiger partial charge is 0.226 e. The molecule has 1 amide bonds. The molecule has 0 aliphatic heterocycles. The number of amides is 1. The van der Waals surface area contributed by atoms with Crippen LogP contribution in [-0.2, 0) is 4.79 Å². The Morgan fingerprint density at radius 1 is 1.05 bits per heavy atom. The summed E-state index contributed by atoms with van der Waals surface area (Å²) >= 11 is 3.47. The van der Waals surface area contributed by atoms with Crippen molar-refractivity contribution in [2.45, 2.75) is 27.2 Å². The first kappa shape index (κ1) is 16.6. The lowest BCUT2D eigenvalue weighted by atomic mass is 10.1. The Morgan fingerprint density at radius 3 is 2.36 bits per heavy atom. The van der Waals surface area contributed by atoms with E-state index in [-0.39, 0.29) is 5.91 Å². The highest BCUT2D eigenvalue weighted by Gasteiger charge is 2.05. The van der Waals surface area contributed by atoms with Gasteiger partial charge in [-0.2, -0.15) is 0 Å². The highest BCUT2D eigenvalue weighted by molar-refractivity contribution is 9.10. The van der Waals surface area contributed by atoms with Crippen molar-refractivity contribution in [3.05, 3.63) is 57.6 Å². The quantitative estimate of drug-likeness (QED) is 0.802. The third-order valence-electron chi connectivity index (χ3n) is 3.59. The second-order valence-corrected chi connectivity index (χ2v) is 6.31. The molecule has 0 bridgehead atoms. The molecule has 116 valence electrons. The van der Waals surface area contributed by atoms with Crippen LogP contribution in [0.4, 0.5) is 11.4 Å². The molecule has 0 aliphatic rings. The normalized spacial score (nSPS) is 10.4. The highest BCUT2D eigenvalue weighted by Crippen LogP contribution is 2.21. The van der Waals surface area contributed by atoms with Crippen molar-refractivity contribution in [3.8, 4) is 0 Å². The molecule has 0 radical (unpaired) electrons. The van der Waals surface area contributed by atoms with E-state index in [4.69, 9.17) is 0 Å². The molecule has 2 rings (SSSR count). The number of aryl methyl sites for hydroxylation is 3. The van der Waals surface area contributed by atoms with Gasteiger partial charge in [-0.1, -0.05) is 40.2 Å². The molecule has 0 saturated carbocycles. The van der Waals surface area contributed by atoms with Gasteiger partial charge in [-0.05, 0) is 49.6 Å². The second kappa shape index (κ2) is 7.45. The summed E-state index contributed by atoms with van der Waals surface area (Å²) in [7, 11) is 0. The molecular formula is C18H21BrN2O. The van der Waals surface area contributed by atoms with Crippen LogP contribution in [0.3, 0.4) is 0 Å². The van der Waals surface area contributed by atoms with E-state index >= 15 is 0 Å². The number of para-hydroxylation sites is 1. The SMILES string of the molecule is Cc1ccc(NC(=O)CCNc2c(C)cccc2C)cc1Br. The minimum Gasteiger partial charge on any atom is -0.384 e. The number of hydrogen-bond acceptors (Lipinski definition) is 2. The van der Waals surface area contributed by atoms with Crippen LogP contribution < -0.4 is 10.6 Å². The zero-order valence-electron chi connectivity index (χ0n) is 13.2. The van der Waals surface area contributed by atoms with Crippen molar-refractivity contribution in [2.75, 3.05) is 17.2 Å². The summed E-state index contributed by atoms with van der Waals surface area (Å²) < 4.78 is 0.999. The minimum absolute atomic E-state index is 0.00879. The molecule has 0 aromatic heterocycles. The largest absolute Gasteiger partial charge is 0.384 e. The van der Waals surface area contributed by atoms with Gasteiger partial charge in [0.1, 0.15) is 0 Å². The Morgan fingerprint density at radius 2 is 1.73 bits per heavy atom. The van der Waals surface area contributed by atoms with Crippen LogP contribution >= 0.6 is 15.9 Å². The molecule has 0 saturated heterocycles. The molecular weight excluding hydrogens is 340 g/mol. The Balaban J connectivity index is 1.86. The summed E-state index contributed by atoms with van der Waals surface area (Å²) in [5.41, 5.74) is 5.48. The van der Waals surface area contributed by atoms with Crippen molar-refractivity contribution in [2.24, 2.45) is 0 Å². The molecule has 22 heavy (non-hydrogen) atoms. The van der Waals surface area contributed by atoms with Gasteiger partial charge >= 0.3 is 0 Å². The van der Waals surface area contributed by atoms with E-state index in [1.807, 2.05) is 31.2 Å². The predicted molar refractivity (Wildman–Crippen MR) is 96.5 cm³/mol. The lowest BCUT2D eigenvalue weighted by molar-refractivity contribution is -0.115. The molecule has 0 atom stereocenters. The fourth-order valence-corrected chi connectivity index (χ4v) is 2.67. The van der Waals surface area contributed by atoms with Crippen molar-refractivity contribution in [3.63, 3.8) is 0 Å². The van der Waals surface area contributed by atoms with Crippen LogP contribution in [0, 0.1) is 20.8 Å². The summed E-state index contributed by atoms with van der Waals surface area (Å²) in [6.07, 6.45) is 0.430. The van der Waals surface area contributed by atoms with Crippen molar-refractivity contribution in [1.29, 1.82) is 0 Å². The number of nitrogens with one attached hydrogen (secondary N) is 2. The lowest BCUT2D eigenvalue weighted by Gasteiger charge is -2.12. The molecule has 3 nitrogen and oxygen atoms in total. The fraction of sp³-hybridized carbons (Fsp3) is 0.278. The maximum atomic E-state index is 12.0. The Hall–Kier alpha value is -1.81. The lowest BCUT2D eigenvalue weighted by Crippen LogP contribution is -2.16. The van der Waals surface area contributed by atoms with Gasteiger partial charge in [0.25, 0.3) is 0 Å². The van der Waals surface area contributed by atoms with Crippen LogP contribution in [0.2, 0.25) is 0 Å². The molecule has 2 aromatic carbocycles. The topological polar surface area (TPSA) is 41.1 Å². The zero-order chi connectivity index (χ0) is 16.1. The van der Waals surface area contributed by atoms with E-state index in [9.17, 15) is 4.79 Å². The van der Waals surface area contributed by atoms with Gasteiger partial charge in [0.15, 0.2) is 0 Å². The fourth-order valence-electron chi connectivity index (χ4n) is 2.29. The van der Waals surface area contributed by atoms with Crippen molar-refractivity contribution < 1.29 is 4.79 Å². The Kier molecular flexibility index (Phi) is 5.61. The van der Waals surface area contributed by atoms with Gasteiger partial charge in [-0.3, -0.25) is 4.79 Å². The predicted octanol–water partition coefficient (Wildman–Crippen LogP) is 4.82. The van der Waals surface area contributed by atoms with E-state index < -0.39 is 0 Å². The van der Waals surface area contributed by atoms with E-state index in [0.29, 0.717) is 13.0 Å². The van der Waals surface area contributed by atoms with Crippen LogP contribution in [0.1, 0.15) is 23.1 Å². The minimum atomic E-state index is 0.00879. The number of carbonyl (C=O) groups is 1.